The number of aliphatic hydroxyl groups is 3. The van der Waals surface area contributed by atoms with Gasteiger partial charge in [-0.15, -0.1) is 0 Å². The Balaban J connectivity index is 2.74. The molecule has 2 heterocycles. The Morgan fingerprint density at radius 3 is 2.39 bits per heavy atom. The van der Waals surface area contributed by atoms with Crippen LogP contribution in [0.5, 0.6) is 0 Å². The zero-order valence-electron chi connectivity index (χ0n) is 17.2. The number of rotatable bonds is 6. The van der Waals surface area contributed by atoms with E-state index in [1.807, 2.05) is 13.0 Å². The molecule has 0 spiro atoms. The maximum absolute atomic E-state index is 11.6. The van der Waals surface area contributed by atoms with E-state index < -0.39 is 36.6 Å². The van der Waals surface area contributed by atoms with Crippen LogP contribution in [0.1, 0.15) is 13.8 Å². The molecule has 0 aliphatic carbocycles. The Morgan fingerprint density at radius 2 is 1.84 bits per heavy atom. The van der Waals surface area contributed by atoms with Crippen molar-refractivity contribution in [2.75, 3.05) is 4.90 Å². The lowest BCUT2D eigenvalue weighted by Gasteiger charge is -2.43. The number of carboxylic acid groups (broad SMARTS) is 1. The van der Waals surface area contributed by atoms with E-state index >= 15 is 0 Å². The zero-order chi connectivity index (χ0) is 23.1. The van der Waals surface area contributed by atoms with Crippen LogP contribution in [0.15, 0.2) is 47.7 Å². The van der Waals surface area contributed by atoms with Gasteiger partial charge in [0.2, 0.25) is 0 Å². The number of carbonyl (C=O) groups is 1. The van der Waals surface area contributed by atoms with E-state index in [0.717, 1.165) is 5.22 Å². The molecule has 166 valence electrons. The molecule has 31 heavy (non-hydrogen) atoms. The molecule has 0 radical (unpaired) electrons. The van der Waals surface area contributed by atoms with Crippen molar-refractivity contribution < 1.29 is 30.0 Å². The molecule has 1 aliphatic rings. The quantitative estimate of drug-likeness (QED) is 0.337. The minimum Gasteiger partial charge on any atom is -0.479 e. The summed E-state index contributed by atoms with van der Waals surface area (Å²) in [6, 6.07) is 3.39. The van der Waals surface area contributed by atoms with Gasteiger partial charge in [-0.05, 0) is 31.2 Å². The smallest absolute Gasteiger partial charge is 0.335 e. The highest BCUT2D eigenvalue weighted by Gasteiger charge is 2.50. The van der Waals surface area contributed by atoms with Crippen molar-refractivity contribution in [2.24, 2.45) is 9.98 Å². The van der Waals surface area contributed by atoms with Gasteiger partial charge in [0.15, 0.2) is 18.2 Å². The van der Waals surface area contributed by atoms with Crippen LogP contribution in [0.25, 0.3) is 12.2 Å². The molecule has 1 saturated heterocycles. The van der Waals surface area contributed by atoms with E-state index in [-0.39, 0.29) is 11.7 Å². The number of nitrogens with zero attached hydrogens (tertiary/aromatic N) is 4. The summed E-state index contributed by atoms with van der Waals surface area (Å²) in [5.74, 6) is -1.20. The summed E-state index contributed by atoms with van der Waals surface area (Å²) in [6.45, 7) is 10.7. The number of anilines is 1. The molecule has 1 aromatic rings. The van der Waals surface area contributed by atoms with Crippen LogP contribution in [0.4, 0.5) is 5.82 Å². The third kappa shape index (κ3) is 5.12. The fraction of sp³-hybridized carbons (Fsp3) is 0.333. The lowest BCUT2D eigenvalue weighted by molar-refractivity contribution is -0.225. The van der Waals surface area contributed by atoms with Gasteiger partial charge in [-0.2, -0.15) is 0 Å². The number of hydrogen-bond acceptors (Lipinski definition) is 8. The first-order chi connectivity index (χ1) is 14.8. The van der Waals surface area contributed by atoms with Crippen molar-refractivity contribution in [2.45, 2.75) is 44.5 Å². The SMILES string of the molecule is C=C/N=C\C(=N/C=C)N(c1ccc(=C/C)/c(=C\C)n1)[C@@H]1O[C@H](C(=O)O)[C@@H](O)[C@H](O)[C@H]1O. The maximum atomic E-state index is 11.6. The van der Waals surface area contributed by atoms with Gasteiger partial charge in [0.25, 0.3) is 0 Å². The number of aliphatic imine (C=N–C) groups is 2. The predicted octanol–water partition coefficient (Wildman–Crippen LogP) is -0.863. The van der Waals surface area contributed by atoms with Crippen LogP contribution in [0.2, 0.25) is 0 Å². The molecule has 1 fully saturated rings. The highest BCUT2D eigenvalue weighted by atomic mass is 16.6. The monoisotopic (exact) mass is 430 g/mol. The van der Waals surface area contributed by atoms with E-state index in [4.69, 9.17) is 4.74 Å². The molecule has 1 aromatic heterocycles. The summed E-state index contributed by atoms with van der Waals surface area (Å²) >= 11 is 0. The summed E-state index contributed by atoms with van der Waals surface area (Å²) in [5, 5.41) is 41.8. The largest absolute Gasteiger partial charge is 0.479 e. The minimum absolute atomic E-state index is 0.0782. The van der Waals surface area contributed by atoms with Gasteiger partial charge in [-0.1, -0.05) is 25.3 Å². The first-order valence-corrected chi connectivity index (χ1v) is 9.44. The second kappa shape index (κ2) is 10.7. The third-order valence-electron chi connectivity index (χ3n) is 4.63. The van der Waals surface area contributed by atoms with Crippen molar-refractivity contribution in [1.29, 1.82) is 0 Å². The fourth-order valence-electron chi connectivity index (χ4n) is 3.11. The van der Waals surface area contributed by atoms with E-state index in [0.29, 0.717) is 5.35 Å². The molecular formula is C21H26N4O6. The van der Waals surface area contributed by atoms with Crippen LogP contribution in [-0.4, -0.2) is 74.1 Å². The summed E-state index contributed by atoms with van der Waals surface area (Å²) in [7, 11) is 0. The molecule has 0 aromatic carbocycles. The van der Waals surface area contributed by atoms with E-state index in [2.05, 4.69) is 28.1 Å². The van der Waals surface area contributed by atoms with Crippen LogP contribution >= 0.6 is 0 Å². The number of pyridine rings is 1. The number of carboxylic acids is 1. The normalized spacial score (nSPS) is 28.0. The molecule has 0 bridgehead atoms. The Labute approximate surface area is 179 Å². The number of aromatic nitrogens is 1. The number of aliphatic hydroxyl groups excluding tert-OH is 3. The van der Waals surface area contributed by atoms with Gasteiger partial charge >= 0.3 is 5.97 Å². The standard InChI is InChI=1S/C21H26N4O6/c1-5-12-9-10-14(24-13(12)6-2)25(15(23-8-4)11-22-7-3)20-18(28)16(26)17(27)19(31-20)21(29)30/h5-11,16-20,26-28H,3-4H2,1-2H3,(H,29,30)/b12-5-,13-6+,22-11-,23-15+/t16-,17-,18+,19-,20+/m0/s1. The van der Waals surface area contributed by atoms with E-state index in [1.54, 1.807) is 25.1 Å². The topological polar surface area (TPSA) is 148 Å². The van der Waals surface area contributed by atoms with Crippen molar-refractivity contribution in [3.63, 3.8) is 0 Å². The Hall–Kier alpha value is -3.18. The number of amidine groups is 1. The predicted molar refractivity (Wildman–Crippen MR) is 117 cm³/mol. The Kier molecular flexibility index (Phi) is 8.34. The van der Waals surface area contributed by atoms with Gasteiger partial charge < -0.3 is 25.2 Å². The van der Waals surface area contributed by atoms with Crippen LogP contribution in [0, 0.1) is 0 Å². The first-order valence-electron chi connectivity index (χ1n) is 9.44. The molecule has 4 N–H and O–H groups in total. The van der Waals surface area contributed by atoms with E-state index in [9.17, 15) is 25.2 Å². The molecular weight excluding hydrogens is 404 g/mol. The molecule has 1 aliphatic heterocycles. The maximum Gasteiger partial charge on any atom is 0.335 e. The van der Waals surface area contributed by atoms with Crippen molar-refractivity contribution in [3.8, 4) is 0 Å². The third-order valence-corrected chi connectivity index (χ3v) is 4.63. The van der Waals surface area contributed by atoms with Crippen LogP contribution < -0.4 is 15.5 Å². The number of ether oxygens (including phenoxy) is 1. The van der Waals surface area contributed by atoms with E-state index in [1.165, 1.54) is 23.5 Å². The van der Waals surface area contributed by atoms with Gasteiger partial charge in [0.1, 0.15) is 24.1 Å². The molecule has 0 saturated carbocycles. The second-order valence-corrected chi connectivity index (χ2v) is 6.48. The van der Waals surface area contributed by atoms with Crippen LogP contribution in [-0.2, 0) is 9.53 Å². The zero-order valence-corrected chi connectivity index (χ0v) is 17.2. The Morgan fingerprint density at radius 1 is 1.13 bits per heavy atom. The molecule has 2 rings (SSSR count). The summed E-state index contributed by atoms with van der Waals surface area (Å²) in [6.07, 6.45) is -1.22. The lowest BCUT2D eigenvalue weighted by Crippen LogP contribution is -2.65. The molecule has 0 amide bonds. The second-order valence-electron chi connectivity index (χ2n) is 6.48. The summed E-state index contributed by atoms with van der Waals surface area (Å²) < 4.78 is 5.50. The Bertz CT molecular complexity index is 1010. The highest BCUT2D eigenvalue weighted by molar-refractivity contribution is 6.36. The molecule has 10 nitrogen and oxygen atoms in total. The molecule has 0 unspecified atom stereocenters. The van der Waals surface area contributed by atoms with Gasteiger partial charge in [-0.3, -0.25) is 9.89 Å². The first kappa shape index (κ1) is 24.1. The molecule has 5 atom stereocenters. The van der Waals surface area contributed by atoms with Crippen molar-refractivity contribution >= 4 is 36.0 Å². The lowest BCUT2D eigenvalue weighted by atomic mass is 9.97. The molecule has 10 heteroatoms. The average molecular weight is 430 g/mol. The fourth-order valence-corrected chi connectivity index (χ4v) is 3.11. The van der Waals surface area contributed by atoms with Crippen molar-refractivity contribution in [1.82, 2.24) is 4.98 Å². The van der Waals surface area contributed by atoms with Gasteiger partial charge in [0.05, 0.1) is 11.6 Å². The minimum atomic E-state index is -1.84. The van der Waals surface area contributed by atoms with Gasteiger partial charge in [-0.25, -0.2) is 14.8 Å². The van der Waals surface area contributed by atoms with Gasteiger partial charge in [0, 0.05) is 12.4 Å². The summed E-state index contributed by atoms with van der Waals surface area (Å²) in [5.41, 5.74) is 0. The average Bonchev–Trinajstić information content (AvgIpc) is 2.76. The van der Waals surface area contributed by atoms with Crippen LogP contribution in [0.3, 0.4) is 0 Å². The van der Waals surface area contributed by atoms with Crippen molar-refractivity contribution in [3.05, 3.63) is 48.3 Å². The number of aliphatic carboxylic acids is 1. The highest BCUT2D eigenvalue weighted by Crippen LogP contribution is 2.27. The summed E-state index contributed by atoms with van der Waals surface area (Å²) in [4.78, 5) is 25.5. The number of hydrogen-bond donors (Lipinski definition) is 4.